The molecule has 1 aliphatic rings. The van der Waals surface area contributed by atoms with Gasteiger partial charge in [-0.25, -0.2) is 9.59 Å². The number of hydrogen-bond donors (Lipinski definition) is 3. The van der Waals surface area contributed by atoms with E-state index in [0.29, 0.717) is 0 Å². The van der Waals surface area contributed by atoms with Gasteiger partial charge < -0.3 is 15.5 Å². The third-order valence-electron chi connectivity index (χ3n) is 4.14. The second-order valence-electron chi connectivity index (χ2n) is 5.81. The van der Waals surface area contributed by atoms with Crippen LogP contribution in [-0.2, 0) is 0 Å². The Morgan fingerprint density at radius 2 is 1.50 bits per heavy atom. The van der Waals surface area contributed by atoms with Gasteiger partial charge in [0.15, 0.2) is 0 Å². The molecule has 0 fully saturated rings. The zero-order valence-electron chi connectivity index (χ0n) is 13.4. The number of nitrogens with one attached hydrogen (secondary N) is 1. The Morgan fingerprint density at radius 1 is 0.808 bits per heavy atom. The monoisotopic (exact) mass is 363 g/mol. The van der Waals surface area contributed by atoms with Crippen LogP contribution in [0.25, 0.3) is 11.1 Å². The highest BCUT2D eigenvalue weighted by Gasteiger charge is 2.23. The zero-order valence-corrected chi connectivity index (χ0v) is 14.2. The highest BCUT2D eigenvalue weighted by Crippen LogP contribution is 2.48. The first kappa shape index (κ1) is 16.2. The summed E-state index contributed by atoms with van der Waals surface area (Å²) in [4.78, 5) is 24.3. The van der Waals surface area contributed by atoms with Gasteiger partial charge in [0.1, 0.15) is 0 Å². The molecule has 0 saturated carbocycles. The summed E-state index contributed by atoms with van der Waals surface area (Å²) in [7, 11) is 0. The minimum Gasteiger partial charge on any atom is -0.478 e. The topological polar surface area (TPSA) is 86.6 Å². The van der Waals surface area contributed by atoms with Crippen LogP contribution in [0.4, 0.5) is 11.4 Å². The molecule has 6 heteroatoms. The van der Waals surface area contributed by atoms with E-state index in [2.05, 4.69) is 5.32 Å². The zero-order chi connectivity index (χ0) is 18.3. The Kier molecular flexibility index (Phi) is 3.89. The molecule has 0 aromatic heterocycles. The van der Waals surface area contributed by atoms with E-state index in [4.69, 9.17) is 0 Å². The minimum atomic E-state index is -1.00. The number of carboxylic acid groups (broad SMARTS) is 2. The Morgan fingerprint density at radius 3 is 2.19 bits per heavy atom. The Bertz CT molecular complexity index is 1050. The number of aromatic carboxylic acids is 2. The summed E-state index contributed by atoms with van der Waals surface area (Å²) in [5, 5.41) is 22.0. The van der Waals surface area contributed by atoms with Crippen LogP contribution in [0.1, 0.15) is 20.7 Å². The number of benzene rings is 3. The van der Waals surface area contributed by atoms with E-state index < -0.39 is 11.9 Å². The Labute approximate surface area is 153 Å². The van der Waals surface area contributed by atoms with E-state index >= 15 is 0 Å². The maximum Gasteiger partial charge on any atom is 0.335 e. The first-order valence-corrected chi connectivity index (χ1v) is 8.63. The molecule has 0 spiro atoms. The van der Waals surface area contributed by atoms with Crippen molar-refractivity contribution in [2.75, 3.05) is 5.32 Å². The number of anilines is 2. The van der Waals surface area contributed by atoms with Crippen LogP contribution in [0.5, 0.6) is 0 Å². The number of fused-ring (bicyclic) bond motifs is 2. The molecule has 0 bridgehead atoms. The van der Waals surface area contributed by atoms with Crippen molar-refractivity contribution in [3.63, 3.8) is 0 Å². The fraction of sp³-hybridized carbons (Fsp3) is 0. The molecule has 0 amide bonds. The van der Waals surface area contributed by atoms with E-state index in [9.17, 15) is 19.8 Å². The van der Waals surface area contributed by atoms with Gasteiger partial charge in [-0.2, -0.15) is 0 Å². The summed E-state index contributed by atoms with van der Waals surface area (Å²) in [6.07, 6.45) is 0. The van der Waals surface area contributed by atoms with Crippen LogP contribution in [-0.4, -0.2) is 22.2 Å². The lowest BCUT2D eigenvalue weighted by atomic mass is 10.00. The van der Waals surface area contributed by atoms with Gasteiger partial charge in [-0.1, -0.05) is 42.1 Å². The maximum absolute atomic E-state index is 11.6. The molecule has 0 saturated heterocycles. The lowest BCUT2D eigenvalue weighted by molar-refractivity contribution is 0.0686. The van der Waals surface area contributed by atoms with E-state index in [0.717, 1.165) is 32.3 Å². The van der Waals surface area contributed by atoms with Gasteiger partial charge in [-0.05, 0) is 35.9 Å². The Hall–Kier alpha value is -3.25. The average molecular weight is 363 g/mol. The largest absolute Gasteiger partial charge is 0.478 e. The predicted molar refractivity (Wildman–Crippen MR) is 99.6 cm³/mol. The van der Waals surface area contributed by atoms with E-state index in [1.165, 1.54) is 11.8 Å². The third-order valence-corrected chi connectivity index (χ3v) is 5.24. The molecule has 3 aromatic carbocycles. The van der Waals surface area contributed by atoms with Crippen molar-refractivity contribution >= 4 is 35.1 Å². The first-order chi connectivity index (χ1) is 12.5. The van der Waals surface area contributed by atoms with Crippen molar-refractivity contribution in [1.82, 2.24) is 0 Å². The molecule has 0 atom stereocenters. The Balaban J connectivity index is 1.88. The molecule has 5 nitrogen and oxygen atoms in total. The molecule has 128 valence electrons. The van der Waals surface area contributed by atoms with Gasteiger partial charge >= 0.3 is 11.9 Å². The highest BCUT2D eigenvalue weighted by atomic mass is 32.2. The summed E-state index contributed by atoms with van der Waals surface area (Å²) >= 11 is 1.37. The van der Waals surface area contributed by atoms with Gasteiger partial charge in [0.2, 0.25) is 0 Å². The van der Waals surface area contributed by atoms with Gasteiger partial charge in [0, 0.05) is 15.4 Å². The van der Waals surface area contributed by atoms with Crippen molar-refractivity contribution in [3.05, 3.63) is 71.8 Å². The molecule has 3 N–H and O–H groups in total. The smallest absolute Gasteiger partial charge is 0.335 e. The average Bonchev–Trinajstić information content (AvgIpc) is 2.65. The maximum atomic E-state index is 11.6. The number of rotatable bonds is 3. The highest BCUT2D eigenvalue weighted by molar-refractivity contribution is 7.99. The third kappa shape index (κ3) is 2.80. The van der Waals surface area contributed by atoms with Crippen LogP contribution in [0.15, 0.2) is 70.5 Å². The van der Waals surface area contributed by atoms with Crippen LogP contribution < -0.4 is 5.32 Å². The summed E-state index contributed by atoms with van der Waals surface area (Å²) in [5.74, 6) is -2.00. The van der Waals surface area contributed by atoms with Crippen LogP contribution >= 0.6 is 11.8 Å². The van der Waals surface area contributed by atoms with Crippen LogP contribution in [0, 0.1) is 0 Å². The van der Waals surface area contributed by atoms with Gasteiger partial charge in [-0.15, -0.1) is 0 Å². The second-order valence-corrected chi connectivity index (χ2v) is 6.90. The molecule has 0 unspecified atom stereocenters. The molecule has 0 aliphatic carbocycles. The second kappa shape index (κ2) is 6.24. The molecular formula is C20H13NO4S. The standard InChI is InChI=1S/C20H13NO4S/c22-19(23)12-6-7-15-16(9-12)26-17-10-13(20(24)25)8-14(18(17)21-15)11-4-2-1-3-5-11/h1-10,21H,(H,22,23)(H,24,25). The first-order valence-electron chi connectivity index (χ1n) is 7.82. The van der Waals surface area contributed by atoms with Crippen molar-refractivity contribution in [3.8, 4) is 11.1 Å². The predicted octanol–water partition coefficient (Wildman–Crippen LogP) is 4.96. The summed E-state index contributed by atoms with van der Waals surface area (Å²) in [5.41, 5.74) is 3.70. The van der Waals surface area contributed by atoms with Crippen LogP contribution in [0.3, 0.4) is 0 Å². The lowest BCUT2D eigenvalue weighted by Gasteiger charge is -2.24. The summed E-state index contributed by atoms with van der Waals surface area (Å²) in [6, 6.07) is 17.7. The number of carboxylic acids is 2. The molecular weight excluding hydrogens is 350 g/mol. The van der Waals surface area contributed by atoms with Crippen molar-refractivity contribution in [2.24, 2.45) is 0 Å². The fourth-order valence-electron chi connectivity index (χ4n) is 2.89. The molecule has 0 radical (unpaired) electrons. The molecule has 1 heterocycles. The molecule has 1 aliphatic heterocycles. The van der Waals surface area contributed by atoms with Crippen molar-refractivity contribution in [2.45, 2.75) is 9.79 Å². The van der Waals surface area contributed by atoms with Crippen LogP contribution in [0.2, 0.25) is 0 Å². The summed E-state index contributed by atoms with van der Waals surface area (Å²) in [6.45, 7) is 0. The van der Waals surface area contributed by atoms with Gasteiger partial charge in [0.05, 0.1) is 22.5 Å². The van der Waals surface area contributed by atoms with Crippen molar-refractivity contribution in [1.29, 1.82) is 0 Å². The lowest BCUT2D eigenvalue weighted by Crippen LogP contribution is -2.06. The van der Waals surface area contributed by atoms with E-state index in [1.54, 1.807) is 30.3 Å². The van der Waals surface area contributed by atoms with E-state index in [-0.39, 0.29) is 11.1 Å². The molecule has 26 heavy (non-hydrogen) atoms. The SMILES string of the molecule is O=C(O)c1ccc2c(c1)Sc1cc(C(=O)O)cc(-c3ccccc3)c1N2. The van der Waals surface area contributed by atoms with E-state index in [1.807, 2.05) is 30.3 Å². The summed E-state index contributed by atoms with van der Waals surface area (Å²) < 4.78 is 0. The number of carbonyl (C=O) groups is 2. The quantitative estimate of drug-likeness (QED) is 0.477. The minimum absolute atomic E-state index is 0.190. The molecule has 4 rings (SSSR count). The fourth-order valence-corrected chi connectivity index (χ4v) is 3.99. The normalized spacial score (nSPS) is 11.8. The number of hydrogen-bond acceptors (Lipinski definition) is 4. The molecule has 3 aromatic rings. The van der Waals surface area contributed by atoms with Gasteiger partial charge in [0.25, 0.3) is 0 Å². The van der Waals surface area contributed by atoms with Gasteiger partial charge in [-0.3, -0.25) is 0 Å². The van der Waals surface area contributed by atoms with Crippen molar-refractivity contribution < 1.29 is 19.8 Å².